The predicted octanol–water partition coefficient (Wildman–Crippen LogP) is 11.2. The van der Waals surface area contributed by atoms with Crippen LogP contribution in [-0.4, -0.2) is 19.2 Å². The summed E-state index contributed by atoms with van der Waals surface area (Å²) in [6, 6.07) is 3.38. The van der Waals surface area contributed by atoms with Gasteiger partial charge in [-0.25, -0.2) is 4.79 Å². The molecule has 37 heavy (non-hydrogen) atoms. The van der Waals surface area contributed by atoms with Gasteiger partial charge in [0.05, 0.1) is 13.2 Å². The van der Waals surface area contributed by atoms with Crippen molar-refractivity contribution in [3.8, 4) is 5.95 Å². The predicted molar refractivity (Wildman–Crippen MR) is 157 cm³/mol. The maximum atomic E-state index is 12.2. The van der Waals surface area contributed by atoms with E-state index in [1.165, 1.54) is 135 Å². The number of carbonyl (C=O) groups is 1. The molecule has 0 unspecified atom stereocenters. The molecule has 0 spiro atoms. The minimum absolute atomic E-state index is 0.239. The fraction of sp³-hybridized carbons (Fsp3) is 0.848. The van der Waals surface area contributed by atoms with E-state index in [0.717, 1.165) is 19.3 Å². The van der Waals surface area contributed by atoms with Crippen molar-refractivity contribution in [1.82, 2.24) is 0 Å². The second-order valence-corrected chi connectivity index (χ2v) is 10.9. The van der Waals surface area contributed by atoms with E-state index in [2.05, 4.69) is 13.8 Å². The first-order valence-corrected chi connectivity index (χ1v) is 16.2. The van der Waals surface area contributed by atoms with Gasteiger partial charge in [0.25, 0.3) is 5.95 Å². The fourth-order valence-electron chi connectivity index (χ4n) is 4.80. The number of esters is 1. The molecule has 1 aromatic rings. The second kappa shape index (κ2) is 26.2. The lowest BCUT2D eigenvalue weighted by Crippen LogP contribution is -2.05. The summed E-state index contributed by atoms with van der Waals surface area (Å²) in [7, 11) is 0. The first-order valence-electron chi connectivity index (χ1n) is 16.2. The van der Waals surface area contributed by atoms with E-state index in [1.807, 2.05) is 0 Å². The average Bonchev–Trinajstić information content (AvgIpc) is 3.38. The molecule has 4 heteroatoms. The third-order valence-corrected chi connectivity index (χ3v) is 7.26. The van der Waals surface area contributed by atoms with Gasteiger partial charge in [-0.15, -0.1) is 0 Å². The van der Waals surface area contributed by atoms with Gasteiger partial charge in [-0.05, 0) is 18.9 Å². The Balaban J connectivity index is 1.89. The molecule has 1 aromatic heterocycles. The summed E-state index contributed by atoms with van der Waals surface area (Å²) in [6.45, 7) is 5.64. The van der Waals surface area contributed by atoms with Gasteiger partial charge in [-0.2, -0.15) is 0 Å². The molecule has 1 rings (SSSR count). The molecule has 0 radical (unpaired) electrons. The summed E-state index contributed by atoms with van der Waals surface area (Å²) < 4.78 is 16.6. The molecule has 0 aromatic carbocycles. The maximum absolute atomic E-state index is 12.2. The molecule has 0 saturated heterocycles. The Hall–Kier alpha value is -1.45. The molecular formula is C33H60O4. The molecular weight excluding hydrogens is 460 g/mol. The summed E-state index contributed by atoms with van der Waals surface area (Å²) >= 11 is 0. The van der Waals surface area contributed by atoms with Gasteiger partial charge < -0.3 is 13.9 Å². The Morgan fingerprint density at radius 1 is 0.541 bits per heavy atom. The molecule has 4 nitrogen and oxygen atoms in total. The van der Waals surface area contributed by atoms with Crippen LogP contribution in [0.25, 0.3) is 0 Å². The fourth-order valence-corrected chi connectivity index (χ4v) is 4.80. The highest BCUT2D eigenvalue weighted by Crippen LogP contribution is 2.18. The number of hydrogen-bond acceptors (Lipinski definition) is 4. The summed E-state index contributed by atoms with van der Waals surface area (Å²) in [5.74, 6) is 0.271. The van der Waals surface area contributed by atoms with Crippen molar-refractivity contribution >= 4 is 5.97 Å². The molecule has 0 saturated carbocycles. The molecule has 0 fully saturated rings. The Morgan fingerprint density at radius 3 is 1.35 bits per heavy atom. The molecule has 0 amide bonds. The second-order valence-electron chi connectivity index (χ2n) is 10.9. The summed E-state index contributed by atoms with van der Waals surface area (Å²) in [5, 5.41) is 0. The molecule has 0 bridgehead atoms. The number of furan rings is 1. The normalized spacial score (nSPS) is 11.2. The Kier molecular flexibility index (Phi) is 23.7. The number of hydrogen-bond donors (Lipinski definition) is 0. The van der Waals surface area contributed by atoms with Crippen LogP contribution >= 0.6 is 0 Å². The van der Waals surface area contributed by atoms with Gasteiger partial charge in [-0.3, -0.25) is 0 Å². The monoisotopic (exact) mass is 520 g/mol. The third-order valence-electron chi connectivity index (χ3n) is 7.26. The van der Waals surface area contributed by atoms with Crippen LogP contribution in [-0.2, 0) is 4.74 Å². The average molecular weight is 521 g/mol. The first-order chi connectivity index (χ1) is 18.3. The van der Waals surface area contributed by atoms with Crippen LogP contribution in [0.5, 0.6) is 5.95 Å². The van der Waals surface area contributed by atoms with Gasteiger partial charge in [0.2, 0.25) is 5.76 Å². The van der Waals surface area contributed by atoms with Crippen LogP contribution in [0.2, 0.25) is 0 Å². The van der Waals surface area contributed by atoms with E-state index < -0.39 is 0 Å². The number of ether oxygens (including phenoxy) is 2. The number of carbonyl (C=O) groups excluding carboxylic acids is 1. The Labute approximate surface area is 229 Å². The molecule has 0 atom stereocenters. The smallest absolute Gasteiger partial charge is 0.374 e. The lowest BCUT2D eigenvalue weighted by molar-refractivity contribution is 0.0453. The Bertz CT molecular complexity index is 609. The highest BCUT2D eigenvalue weighted by Gasteiger charge is 2.13. The molecule has 216 valence electrons. The molecule has 0 N–H and O–H groups in total. The van der Waals surface area contributed by atoms with Crippen molar-refractivity contribution in [3.05, 3.63) is 17.9 Å². The van der Waals surface area contributed by atoms with Gasteiger partial charge >= 0.3 is 5.97 Å². The summed E-state index contributed by atoms with van der Waals surface area (Å²) in [6.07, 6.45) is 31.5. The topological polar surface area (TPSA) is 48.7 Å². The van der Waals surface area contributed by atoms with E-state index in [9.17, 15) is 4.79 Å². The zero-order chi connectivity index (χ0) is 26.7. The van der Waals surface area contributed by atoms with Crippen molar-refractivity contribution < 1.29 is 18.7 Å². The van der Waals surface area contributed by atoms with Crippen LogP contribution < -0.4 is 4.74 Å². The van der Waals surface area contributed by atoms with Crippen molar-refractivity contribution in [3.63, 3.8) is 0 Å². The van der Waals surface area contributed by atoms with Crippen LogP contribution in [0, 0.1) is 0 Å². The zero-order valence-corrected chi connectivity index (χ0v) is 24.7. The van der Waals surface area contributed by atoms with Crippen molar-refractivity contribution in [2.75, 3.05) is 13.2 Å². The van der Waals surface area contributed by atoms with E-state index in [4.69, 9.17) is 13.9 Å². The van der Waals surface area contributed by atoms with Crippen molar-refractivity contribution in [1.29, 1.82) is 0 Å². The molecule has 0 aliphatic rings. The minimum Gasteiger partial charge on any atom is -0.465 e. The minimum atomic E-state index is -0.386. The van der Waals surface area contributed by atoms with Crippen molar-refractivity contribution in [2.45, 2.75) is 168 Å². The third kappa shape index (κ3) is 21.2. The zero-order valence-electron chi connectivity index (χ0n) is 24.7. The lowest BCUT2D eigenvalue weighted by atomic mass is 10.1. The highest BCUT2D eigenvalue weighted by molar-refractivity contribution is 5.86. The molecule has 0 aliphatic heterocycles. The van der Waals surface area contributed by atoms with Gasteiger partial charge in [0, 0.05) is 6.07 Å². The Morgan fingerprint density at radius 2 is 0.919 bits per heavy atom. The number of rotatable bonds is 28. The standard InChI is InChI=1S/C33H60O4/c1-3-5-7-9-11-13-15-17-19-21-23-25-29-35-32-28-27-31(37-32)33(34)36-30-26-24-22-20-18-16-14-12-10-8-6-4-2/h27-28H,3-26,29-30H2,1-2H3. The van der Waals surface area contributed by atoms with Crippen LogP contribution in [0.15, 0.2) is 16.5 Å². The molecule has 1 heterocycles. The SMILES string of the molecule is CCCCCCCCCCCCCCOC(=O)c1ccc(OCCCCCCCCCCCCCC)o1. The molecule has 0 aliphatic carbocycles. The lowest BCUT2D eigenvalue weighted by Gasteiger charge is -2.05. The summed E-state index contributed by atoms with van der Waals surface area (Å²) in [4.78, 5) is 12.2. The van der Waals surface area contributed by atoms with E-state index in [0.29, 0.717) is 19.2 Å². The van der Waals surface area contributed by atoms with Gasteiger partial charge in [-0.1, -0.05) is 155 Å². The van der Waals surface area contributed by atoms with Crippen LogP contribution in [0.1, 0.15) is 179 Å². The van der Waals surface area contributed by atoms with E-state index in [1.54, 1.807) is 12.1 Å². The van der Waals surface area contributed by atoms with E-state index in [-0.39, 0.29) is 11.7 Å². The van der Waals surface area contributed by atoms with Crippen LogP contribution in [0.4, 0.5) is 0 Å². The summed E-state index contributed by atoms with van der Waals surface area (Å²) in [5.41, 5.74) is 0. The van der Waals surface area contributed by atoms with Gasteiger partial charge in [0.15, 0.2) is 0 Å². The largest absolute Gasteiger partial charge is 0.465 e. The van der Waals surface area contributed by atoms with E-state index >= 15 is 0 Å². The van der Waals surface area contributed by atoms with Crippen LogP contribution in [0.3, 0.4) is 0 Å². The van der Waals surface area contributed by atoms with Gasteiger partial charge in [0.1, 0.15) is 0 Å². The number of unbranched alkanes of at least 4 members (excludes halogenated alkanes) is 22. The highest BCUT2D eigenvalue weighted by atomic mass is 16.6. The maximum Gasteiger partial charge on any atom is 0.374 e. The van der Waals surface area contributed by atoms with Crippen molar-refractivity contribution in [2.24, 2.45) is 0 Å². The quantitative estimate of drug-likeness (QED) is 0.0814. The first kappa shape index (κ1) is 33.6.